The van der Waals surface area contributed by atoms with E-state index in [0.717, 1.165) is 0 Å². The van der Waals surface area contributed by atoms with Gasteiger partial charge >= 0.3 is 0 Å². The maximum Gasteiger partial charge on any atom is 0.260 e. The van der Waals surface area contributed by atoms with E-state index in [1.165, 1.54) is 6.92 Å². The molecule has 2 aliphatic heterocycles. The molecule has 2 unspecified atom stereocenters. The van der Waals surface area contributed by atoms with Gasteiger partial charge in [0.25, 0.3) is 5.79 Å². The highest BCUT2D eigenvalue weighted by Crippen LogP contribution is 2.37. The van der Waals surface area contributed by atoms with Crippen molar-refractivity contribution >= 4 is 0 Å². The fourth-order valence-electron chi connectivity index (χ4n) is 2.79. The molecule has 7 N–H and O–H groups in total. The highest BCUT2D eigenvalue weighted by atomic mass is 16.7. The Kier molecular flexibility index (Phi) is 5.09. The summed E-state index contributed by atoms with van der Waals surface area (Å²) in [5, 5.41) is 80.5. The summed E-state index contributed by atoms with van der Waals surface area (Å²) < 4.78 is 10.1. The molecule has 10 nitrogen and oxygen atoms in total. The summed E-state index contributed by atoms with van der Waals surface area (Å²) in [4.78, 5) is 0. The van der Waals surface area contributed by atoms with Crippen LogP contribution in [0, 0.1) is 0 Å². The molecule has 2 fully saturated rings. The van der Waals surface area contributed by atoms with E-state index in [0.29, 0.717) is 0 Å². The number of aliphatic hydroxyl groups excluding tert-OH is 7. The first-order valence-electron chi connectivity index (χ1n) is 6.88. The Morgan fingerprint density at radius 3 is 2.05 bits per heavy atom. The van der Waals surface area contributed by atoms with Gasteiger partial charge in [0.15, 0.2) is 0 Å². The number of aliphatic hydroxyl groups is 7. The second-order valence-electron chi connectivity index (χ2n) is 5.72. The third-order valence-electron chi connectivity index (χ3n) is 4.23. The monoisotopic (exact) mass is 325 g/mol. The molecule has 2 heterocycles. The predicted molar refractivity (Wildman–Crippen MR) is 65.8 cm³/mol. The minimum Gasteiger partial charge on any atom is -0.394 e. The van der Waals surface area contributed by atoms with Gasteiger partial charge in [0, 0.05) is 0 Å². The molecule has 0 aliphatic carbocycles. The van der Waals surface area contributed by atoms with Crippen molar-refractivity contribution in [2.45, 2.75) is 67.6 Å². The third kappa shape index (κ3) is 2.65. The molecule has 1 radical (unpaired) electrons. The number of rotatable bonds is 2. The highest BCUT2D eigenvalue weighted by Gasteiger charge is 2.63. The number of ether oxygens (including phenoxy) is 2. The topological polar surface area (TPSA) is 180 Å². The number of hydrogen-bond acceptors (Lipinski definition) is 9. The van der Waals surface area contributed by atoms with Crippen LogP contribution in [0.1, 0.15) is 6.92 Å². The maximum absolute atomic E-state index is 12.8. The Labute approximate surface area is 125 Å². The van der Waals surface area contributed by atoms with Crippen molar-refractivity contribution in [3.8, 4) is 0 Å². The van der Waals surface area contributed by atoms with Crippen molar-refractivity contribution in [2.24, 2.45) is 0 Å². The van der Waals surface area contributed by atoms with Crippen LogP contribution in [-0.4, -0.2) is 103 Å². The molecule has 0 bridgehead atoms. The molecule has 0 amide bonds. The number of hydrogen-bond donors (Lipinski definition) is 7. The maximum atomic E-state index is 12.8. The molecule has 2 rings (SSSR count). The van der Waals surface area contributed by atoms with Gasteiger partial charge in [-0.05, 0) is 6.92 Å². The molecule has 2 aliphatic rings. The van der Waals surface area contributed by atoms with Gasteiger partial charge in [-0.2, -0.15) is 5.11 Å². The fraction of sp³-hybridized carbons (Fsp3) is 1.00. The summed E-state index contributed by atoms with van der Waals surface area (Å²) in [5.74, 6) is -2.96. The van der Waals surface area contributed by atoms with Crippen LogP contribution in [-0.2, 0) is 14.6 Å². The van der Waals surface area contributed by atoms with Crippen molar-refractivity contribution in [2.75, 3.05) is 6.61 Å². The summed E-state index contributed by atoms with van der Waals surface area (Å²) in [6.07, 6.45) is -15.3. The minimum atomic E-state index is -2.96. The van der Waals surface area contributed by atoms with E-state index in [-0.39, 0.29) is 0 Å². The summed E-state index contributed by atoms with van der Waals surface area (Å²) in [6, 6.07) is 0. The average Bonchev–Trinajstić information content (AvgIpc) is 2.50. The Hall–Kier alpha value is -0.400. The van der Waals surface area contributed by atoms with Gasteiger partial charge in [-0.15, -0.1) is 0 Å². The molecular formula is C12H21O10. The van der Waals surface area contributed by atoms with Gasteiger partial charge < -0.3 is 45.2 Å². The standard InChI is InChI=1S/C12H21O10/c1-3-5(14)7(16)9(18)11(21-3)12(20)10(19)8(17)6(15)4(2-13)22-12/h3-11,13-19H,2H2,1H3/t3-,4-,5-,6-,7+,8+,9+,10-,11?,12?/m1/s1. The zero-order chi connectivity index (χ0) is 16.8. The van der Waals surface area contributed by atoms with Crippen LogP contribution in [0.25, 0.3) is 0 Å². The first kappa shape index (κ1) is 17.9. The van der Waals surface area contributed by atoms with E-state index in [1.54, 1.807) is 0 Å². The van der Waals surface area contributed by atoms with Gasteiger partial charge in [-0.3, -0.25) is 0 Å². The third-order valence-corrected chi connectivity index (χ3v) is 4.23. The van der Waals surface area contributed by atoms with E-state index in [9.17, 15) is 35.7 Å². The van der Waals surface area contributed by atoms with Gasteiger partial charge in [-0.25, -0.2) is 0 Å². The minimum absolute atomic E-state index is 0.821. The zero-order valence-corrected chi connectivity index (χ0v) is 11.8. The summed E-state index contributed by atoms with van der Waals surface area (Å²) in [6.45, 7) is 0.513. The first-order valence-corrected chi connectivity index (χ1v) is 6.88. The highest BCUT2D eigenvalue weighted by molar-refractivity contribution is 5.05. The Balaban J connectivity index is 2.31. The van der Waals surface area contributed by atoms with Crippen molar-refractivity contribution in [1.82, 2.24) is 0 Å². The fourth-order valence-corrected chi connectivity index (χ4v) is 2.79. The van der Waals surface area contributed by atoms with Crippen molar-refractivity contribution in [1.29, 1.82) is 0 Å². The Morgan fingerprint density at radius 1 is 0.909 bits per heavy atom. The van der Waals surface area contributed by atoms with Crippen LogP contribution in [0.2, 0.25) is 0 Å². The molecule has 2 saturated heterocycles. The van der Waals surface area contributed by atoms with Gasteiger partial charge in [0.05, 0.1) is 12.7 Å². The normalized spacial score (nSPS) is 56.9. The molecule has 0 aromatic heterocycles. The SMILES string of the molecule is C[C@H]1OC(C2([O])O[C@H](CO)[C@@H](O)[C@H](O)[C@H]2O)[C@@H](O)[C@@H](O)[C@@H]1O. The lowest BCUT2D eigenvalue weighted by Crippen LogP contribution is -2.74. The average molecular weight is 325 g/mol. The van der Waals surface area contributed by atoms with Gasteiger partial charge in [0.2, 0.25) is 0 Å². The first-order chi connectivity index (χ1) is 10.1. The van der Waals surface area contributed by atoms with E-state index < -0.39 is 67.3 Å². The predicted octanol–water partition coefficient (Wildman–Crippen LogP) is -4.54. The second kappa shape index (κ2) is 6.24. The molecule has 0 aromatic rings. The molecule has 0 spiro atoms. The second-order valence-corrected chi connectivity index (χ2v) is 5.72. The zero-order valence-electron chi connectivity index (χ0n) is 11.8. The van der Waals surface area contributed by atoms with Crippen LogP contribution >= 0.6 is 0 Å². The van der Waals surface area contributed by atoms with Gasteiger partial charge in [-0.1, -0.05) is 0 Å². The molecule has 0 saturated carbocycles. The Bertz CT molecular complexity index is 392. The van der Waals surface area contributed by atoms with E-state index in [1.807, 2.05) is 0 Å². The van der Waals surface area contributed by atoms with Crippen molar-refractivity contribution in [3.05, 3.63) is 0 Å². The summed E-state index contributed by atoms with van der Waals surface area (Å²) >= 11 is 0. The molecule has 22 heavy (non-hydrogen) atoms. The molecule has 129 valence electrons. The lowest BCUT2D eigenvalue weighted by atomic mass is 9.83. The van der Waals surface area contributed by atoms with Crippen molar-refractivity contribution < 1.29 is 50.3 Å². The van der Waals surface area contributed by atoms with Crippen LogP contribution in [0.5, 0.6) is 0 Å². The summed E-state index contributed by atoms with van der Waals surface area (Å²) in [5.41, 5.74) is 0. The van der Waals surface area contributed by atoms with E-state index >= 15 is 0 Å². The smallest absolute Gasteiger partial charge is 0.260 e. The van der Waals surface area contributed by atoms with Crippen LogP contribution in [0.15, 0.2) is 0 Å². The van der Waals surface area contributed by atoms with Crippen LogP contribution in [0.3, 0.4) is 0 Å². The Morgan fingerprint density at radius 2 is 1.50 bits per heavy atom. The quantitative estimate of drug-likeness (QED) is 0.263. The van der Waals surface area contributed by atoms with Crippen molar-refractivity contribution in [3.63, 3.8) is 0 Å². The van der Waals surface area contributed by atoms with Gasteiger partial charge in [0.1, 0.15) is 48.8 Å². The molecule has 0 aromatic carbocycles. The van der Waals surface area contributed by atoms with Crippen LogP contribution < -0.4 is 0 Å². The van der Waals surface area contributed by atoms with Crippen LogP contribution in [0.4, 0.5) is 0 Å². The van der Waals surface area contributed by atoms with E-state index in [4.69, 9.17) is 14.6 Å². The lowest BCUT2D eigenvalue weighted by molar-refractivity contribution is -0.421. The summed E-state index contributed by atoms with van der Waals surface area (Å²) in [7, 11) is 0. The lowest BCUT2D eigenvalue weighted by Gasteiger charge is -2.51. The largest absolute Gasteiger partial charge is 0.394 e. The molecule has 10 heteroatoms. The molecular weight excluding hydrogens is 304 g/mol. The molecule has 10 atom stereocenters. The van der Waals surface area contributed by atoms with E-state index in [2.05, 4.69) is 0 Å².